The first-order valence-corrected chi connectivity index (χ1v) is 10.5. The summed E-state index contributed by atoms with van der Waals surface area (Å²) in [4.78, 5) is 15.0. The Morgan fingerprint density at radius 3 is 2.70 bits per heavy atom. The van der Waals surface area contributed by atoms with Crippen molar-refractivity contribution in [2.24, 2.45) is 5.92 Å². The van der Waals surface area contributed by atoms with Gasteiger partial charge in [0.2, 0.25) is 0 Å². The predicted octanol–water partition coefficient (Wildman–Crippen LogP) is 3.46. The van der Waals surface area contributed by atoms with Crippen LogP contribution in [0.25, 0.3) is 0 Å². The highest BCUT2D eigenvalue weighted by molar-refractivity contribution is 7.80. The minimum Gasteiger partial charge on any atom is -0.493 e. The van der Waals surface area contributed by atoms with Crippen molar-refractivity contribution in [2.45, 2.75) is 32.0 Å². The lowest BCUT2D eigenvalue weighted by Gasteiger charge is -2.55. The molecule has 2 aliphatic rings. The molecule has 3 unspecified atom stereocenters. The van der Waals surface area contributed by atoms with Gasteiger partial charge in [-0.1, -0.05) is 42.5 Å². The molecule has 2 heterocycles. The summed E-state index contributed by atoms with van der Waals surface area (Å²) in [7, 11) is 1.61. The number of carbonyl (C=O) groups excluding carboxylic acids is 1. The van der Waals surface area contributed by atoms with Gasteiger partial charge < -0.3 is 24.4 Å². The Bertz CT molecular complexity index is 951. The average molecular weight is 427 g/mol. The van der Waals surface area contributed by atoms with E-state index in [0.717, 1.165) is 12.0 Å². The van der Waals surface area contributed by atoms with Crippen LogP contribution < -0.4 is 14.8 Å². The van der Waals surface area contributed by atoms with E-state index in [1.54, 1.807) is 7.11 Å². The molecule has 2 bridgehead atoms. The summed E-state index contributed by atoms with van der Waals surface area (Å²) in [5, 5.41) is 3.94. The number of nitrogens with one attached hydrogen (secondary N) is 1. The smallest absolute Gasteiger partial charge is 0.317 e. The van der Waals surface area contributed by atoms with Gasteiger partial charge in [-0.2, -0.15) is 0 Å². The fraction of sp³-hybridized carbons (Fsp3) is 0.391. The van der Waals surface area contributed by atoms with Crippen molar-refractivity contribution in [1.29, 1.82) is 0 Å². The first kappa shape index (κ1) is 20.5. The zero-order valence-electron chi connectivity index (χ0n) is 17.4. The zero-order chi connectivity index (χ0) is 21.3. The maximum atomic E-state index is 13.1. The molecule has 30 heavy (non-hydrogen) atoms. The minimum absolute atomic E-state index is 0.303. The molecule has 0 aliphatic carbocycles. The van der Waals surface area contributed by atoms with Crippen LogP contribution in [0.1, 0.15) is 31.0 Å². The molecule has 1 saturated heterocycles. The van der Waals surface area contributed by atoms with Crippen molar-refractivity contribution in [3.8, 4) is 11.5 Å². The molecule has 0 aromatic heterocycles. The number of hydrogen-bond acceptors (Lipinski definition) is 5. The van der Waals surface area contributed by atoms with E-state index in [2.05, 4.69) is 17.4 Å². The highest BCUT2D eigenvalue weighted by Crippen LogP contribution is 2.51. The lowest BCUT2D eigenvalue weighted by Crippen LogP contribution is -2.71. The van der Waals surface area contributed by atoms with Crippen molar-refractivity contribution in [3.63, 3.8) is 0 Å². The van der Waals surface area contributed by atoms with Gasteiger partial charge in [-0.25, -0.2) is 0 Å². The maximum Gasteiger partial charge on any atom is 0.317 e. The van der Waals surface area contributed by atoms with E-state index in [-0.39, 0.29) is 12.0 Å². The van der Waals surface area contributed by atoms with E-state index in [4.69, 9.17) is 26.4 Å². The number of benzene rings is 2. The van der Waals surface area contributed by atoms with E-state index in [1.807, 2.05) is 55.1 Å². The molecule has 0 amide bonds. The molecule has 2 aromatic carbocycles. The van der Waals surface area contributed by atoms with Gasteiger partial charge in [-0.05, 0) is 44.1 Å². The third-order valence-corrected chi connectivity index (χ3v) is 6.19. The second-order valence-corrected chi connectivity index (χ2v) is 7.97. The molecular weight excluding hydrogens is 400 g/mol. The van der Waals surface area contributed by atoms with Gasteiger partial charge in [0.15, 0.2) is 22.3 Å². The van der Waals surface area contributed by atoms with Crippen molar-refractivity contribution >= 4 is 23.3 Å². The molecule has 2 aromatic rings. The van der Waals surface area contributed by atoms with Crippen LogP contribution in [0.4, 0.5) is 0 Å². The Labute approximate surface area is 182 Å². The Kier molecular flexibility index (Phi) is 5.56. The Morgan fingerprint density at radius 2 is 2.00 bits per heavy atom. The maximum absolute atomic E-state index is 13.1. The van der Waals surface area contributed by atoms with Gasteiger partial charge in [0.1, 0.15) is 5.92 Å². The monoisotopic (exact) mass is 426 g/mol. The highest BCUT2D eigenvalue weighted by Gasteiger charge is 2.59. The fourth-order valence-electron chi connectivity index (χ4n) is 4.40. The Balaban J connectivity index is 1.75. The number of fused-ring (bicyclic) bond motifs is 4. The number of rotatable bonds is 6. The van der Waals surface area contributed by atoms with Crippen molar-refractivity contribution in [2.75, 3.05) is 20.3 Å². The topological polar surface area (TPSA) is 60.0 Å². The van der Waals surface area contributed by atoms with Crippen LogP contribution >= 0.6 is 12.2 Å². The standard InChI is InChI=1S/C23H26N2O4S/c1-4-28-21(26)18-19-16-11-8-12-17(27-3)20(16)29-23(18,2)25(22(30)24-19)14-13-15-9-6-5-7-10-15/h5-12,18-19H,4,13-14H2,1-3H3,(H,24,30). The number of methoxy groups -OCH3 is 1. The summed E-state index contributed by atoms with van der Waals surface area (Å²) in [6, 6.07) is 15.5. The highest BCUT2D eigenvalue weighted by atomic mass is 32.1. The molecular formula is C23H26N2O4S. The van der Waals surface area contributed by atoms with Crippen molar-refractivity contribution < 1.29 is 19.0 Å². The van der Waals surface area contributed by atoms with E-state index in [0.29, 0.717) is 29.8 Å². The van der Waals surface area contributed by atoms with Crippen LogP contribution in [0.5, 0.6) is 11.5 Å². The lowest BCUT2D eigenvalue weighted by molar-refractivity contribution is -0.175. The molecule has 158 valence electrons. The number of para-hydroxylation sites is 1. The average Bonchev–Trinajstić information content (AvgIpc) is 2.73. The van der Waals surface area contributed by atoms with Gasteiger partial charge in [0.25, 0.3) is 0 Å². The summed E-state index contributed by atoms with van der Waals surface area (Å²) in [5.41, 5.74) is 1.03. The third kappa shape index (κ3) is 3.37. The van der Waals surface area contributed by atoms with Crippen molar-refractivity contribution in [3.05, 3.63) is 59.7 Å². The lowest BCUT2D eigenvalue weighted by atomic mass is 9.79. The van der Waals surface area contributed by atoms with E-state index in [9.17, 15) is 4.79 Å². The van der Waals surface area contributed by atoms with Gasteiger partial charge in [-0.15, -0.1) is 0 Å². The molecule has 4 rings (SSSR count). The largest absolute Gasteiger partial charge is 0.493 e. The van der Waals surface area contributed by atoms with E-state index >= 15 is 0 Å². The minimum atomic E-state index is -1.00. The number of carbonyl (C=O) groups is 1. The third-order valence-electron chi connectivity index (χ3n) is 5.85. The van der Waals surface area contributed by atoms with Crippen LogP contribution in [-0.4, -0.2) is 42.0 Å². The Morgan fingerprint density at radius 1 is 1.23 bits per heavy atom. The molecule has 3 atom stereocenters. The SMILES string of the molecule is CCOC(=O)C1C2NC(=S)N(CCc3ccccc3)C1(C)Oc1c(OC)cccc12. The van der Waals surface area contributed by atoms with E-state index in [1.165, 1.54) is 5.56 Å². The molecule has 2 aliphatic heterocycles. The quantitative estimate of drug-likeness (QED) is 0.561. The van der Waals surface area contributed by atoms with Gasteiger partial charge in [0.05, 0.1) is 19.8 Å². The second kappa shape index (κ2) is 8.14. The number of ether oxygens (including phenoxy) is 3. The summed E-state index contributed by atoms with van der Waals surface area (Å²) in [6.07, 6.45) is 0.764. The molecule has 1 N–H and O–H groups in total. The van der Waals surface area contributed by atoms with Crippen molar-refractivity contribution in [1.82, 2.24) is 10.2 Å². The van der Waals surface area contributed by atoms with Crippen LogP contribution in [0, 0.1) is 5.92 Å². The molecule has 0 saturated carbocycles. The molecule has 6 nitrogen and oxygen atoms in total. The number of esters is 1. The van der Waals surface area contributed by atoms with Crippen LogP contribution in [0.3, 0.4) is 0 Å². The first-order valence-electron chi connectivity index (χ1n) is 10.1. The van der Waals surface area contributed by atoms with Crippen LogP contribution in [-0.2, 0) is 16.0 Å². The summed E-state index contributed by atoms with van der Waals surface area (Å²) < 4.78 is 17.5. The summed E-state index contributed by atoms with van der Waals surface area (Å²) >= 11 is 5.71. The molecule has 0 radical (unpaired) electrons. The van der Waals surface area contributed by atoms with Gasteiger partial charge in [-0.3, -0.25) is 4.79 Å². The van der Waals surface area contributed by atoms with Crippen LogP contribution in [0.2, 0.25) is 0 Å². The summed E-state index contributed by atoms with van der Waals surface area (Å²) in [5.74, 6) is 0.370. The number of hydrogen-bond donors (Lipinski definition) is 1. The zero-order valence-corrected chi connectivity index (χ0v) is 18.2. The van der Waals surface area contributed by atoms with E-state index < -0.39 is 11.6 Å². The summed E-state index contributed by atoms with van der Waals surface area (Å²) in [6.45, 7) is 4.62. The molecule has 0 spiro atoms. The Hall–Kier alpha value is -2.80. The predicted molar refractivity (Wildman–Crippen MR) is 117 cm³/mol. The molecule has 7 heteroatoms. The van der Waals surface area contributed by atoms with Gasteiger partial charge in [0, 0.05) is 12.1 Å². The van der Waals surface area contributed by atoms with Crippen LogP contribution in [0.15, 0.2) is 48.5 Å². The number of nitrogens with zero attached hydrogens (tertiary/aromatic N) is 1. The fourth-order valence-corrected chi connectivity index (χ4v) is 4.80. The first-order chi connectivity index (χ1) is 14.5. The number of thiocarbonyl (C=S) groups is 1. The second-order valence-electron chi connectivity index (χ2n) is 7.58. The van der Waals surface area contributed by atoms with Gasteiger partial charge >= 0.3 is 5.97 Å². The molecule has 1 fully saturated rings. The normalized spacial score (nSPS) is 24.4.